The van der Waals surface area contributed by atoms with Crippen LogP contribution in [-0.2, 0) is 39.9 Å². The number of carbonyl (C=O) groups is 2. The minimum atomic E-state index is -3.51. The summed E-state index contributed by atoms with van der Waals surface area (Å²) in [5.41, 5.74) is -2.90. The van der Waals surface area contributed by atoms with Crippen molar-refractivity contribution in [3.63, 3.8) is 0 Å². The molecule has 1 aromatic heterocycles. The van der Waals surface area contributed by atoms with Crippen molar-refractivity contribution < 1.29 is 37.6 Å². The van der Waals surface area contributed by atoms with Crippen molar-refractivity contribution in [2.24, 2.45) is 5.41 Å². The third-order valence-electron chi connectivity index (χ3n) is 5.21. The van der Waals surface area contributed by atoms with Gasteiger partial charge in [-0.05, 0) is 32.6 Å². The predicted octanol–water partition coefficient (Wildman–Crippen LogP) is 2.60. The van der Waals surface area contributed by atoms with Crippen LogP contribution in [0.3, 0.4) is 0 Å². The van der Waals surface area contributed by atoms with Gasteiger partial charge in [-0.15, -0.1) is 0 Å². The standard InChI is InChI=1S/C22H33Cl2FN3O9PS2/c1-11(2)36-17(31)12(3)27-38(39,34-7-8-40-19(32)21(4,5)6)35-10-14-15(29)22(23,24)18(37-14)28-9-13(25)16(30)26-20(28)33/h9,11-12,14-15,18,29H,7-8,10H2,1-6H3,(H,27,39)(H,26,30,33)/t12?,14-,15-,18-,38?/m1/s1. The van der Waals surface area contributed by atoms with Crippen molar-refractivity contribution in [1.29, 1.82) is 0 Å². The van der Waals surface area contributed by atoms with E-state index in [1.165, 1.54) is 6.92 Å². The Morgan fingerprint density at radius 3 is 2.52 bits per heavy atom. The molecule has 3 N–H and O–H groups in total. The SMILES string of the molecule is CC(C)OC(=O)C(C)NP(=S)(OCCSC(=O)C(C)(C)C)OC[C@H]1O[C@@H](n2cc(F)c(=O)[nH]c2=O)C(Cl)(Cl)[C@@H]1O. The van der Waals surface area contributed by atoms with Crippen LogP contribution in [-0.4, -0.2) is 73.4 Å². The summed E-state index contributed by atoms with van der Waals surface area (Å²) in [7, 11) is 0. The van der Waals surface area contributed by atoms with Gasteiger partial charge in [0.15, 0.2) is 15.7 Å². The predicted molar refractivity (Wildman–Crippen MR) is 153 cm³/mol. The number of aromatic nitrogens is 2. The van der Waals surface area contributed by atoms with Gasteiger partial charge in [0, 0.05) is 11.2 Å². The lowest BCUT2D eigenvalue weighted by Gasteiger charge is -2.28. The number of aromatic amines is 1. The average molecular weight is 669 g/mol. The number of aliphatic hydroxyl groups is 1. The molecule has 1 aromatic rings. The molecule has 12 nitrogen and oxygen atoms in total. The largest absolute Gasteiger partial charge is 0.462 e. The Bertz CT molecular complexity index is 1240. The van der Waals surface area contributed by atoms with Gasteiger partial charge in [-0.2, -0.15) is 4.39 Å². The van der Waals surface area contributed by atoms with Gasteiger partial charge in [-0.3, -0.25) is 23.9 Å². The molecule has 2 rings (SSSR count). The molecule has 0 spiro atoms. The number of alkyl halides is 2. The van der Waals surface area contributed by atoms with Crippen LogP contribution in [0.15, 0.2) is 15.8 Å². The summed E-state index contributed by atoms with van der Waals surface area (Å²) in [6.45, 7) is 6.18. The molecule has 0 bridgehead atoms. The van der Waals surface area contributed by atoms with Crippen molar-refractivity contribution in [2.75, 3.05) is 19.0 Å². The first-order valence-electron chi connectivity index (χ1n) is 12.1. The van der Waals surface area contributed by atoms with Crippen molar-refractivity contribution in [3.05, 3.63) is 32.9 Å². The van der Waals surface area contributed by atoms with E-state index in [1.54, 1.807) is 39.6 Å². The average Bonchev–Trinajstić information content (AvgIpc) is 3.05. The fraction of sp³-hybridized carbons (Fsp3) is 0.727. The van der Waals surface area contributed by atoms with Gasteiger partial charge in [0.05, 0.1) is 25.5 Å². The zero-order chi connectivity index (χ0) is 30.6. The molecule has 2 heterocycles. The summed E-state index contributed by atoms with van der Waals surface area (Å²) in [5, 5.41) is 13.5. The van der Waals surface area contributed by atoms with Crippen molar-refractivity contribution in [1.82, 2.24) is 14.6 Å². The molecule has 0 saturated carbocycles. The Morgan fingerprint density at radius 2 is 1.95 bits per heavy atom. The van der Waals surface area contributed by atoms with Gasteiger partial charge in [0.1, 0.15) is 18.2 Å². The summed E-state index contributed by atoms with van der Waals surface area (Å²) in [5.74, 6) is -1.69. The summed E-state index contributed by atoms with van der Waals surface area (Å²) in [4.78, 5) is 50.0. The van der Waals surface area contributed by atoms with Gasteiger partial charge >= 0.3 is 11.7 Å². The van der Waals surface area contributed by atoms with E-state index in [0.717, 1.165) is 11.8 Å². The third-order valence-corrected chi connectivity index (χ3v) is 9.94. The Kier molecular flexibility index (Phi) is 12.4. The van der Waals surface area contributed by atoms with Gasteiger partial charge in [0.2, 0.25) is 5.82 Å². The number of ether oxygens (including phenoxy) is 2. The number of rotatable bonds is 12. The minimum Gasteiger partial charge on any atom is -0.462 e. The van der Waals surface area contributed by atoms with E-state index < -0.39 is 76.6 Å². The summed E-state index contributed by atoms with van der Waals surface area (Å²) >= 11 is 19.2. The molecule has 2 unspecified atom stereocenters. The van der Waals surface area contributed by atoms with Crippen LogP contribution < -0.4 is 16.3 Å². The van der Waals surface area contributed by atoms with E-state index in [9.17, 15) is 28.7 Å². The Labute approximate surface area is 249 Å². The lowest BCUT2D eigenvalue weighted by Crippen LogP contribution is -2.42. The Morgan fingerprint density at radius 1 is 1.32 bits per heavy atom. The highest BCUT2D eigenvalue weighted by Crippen LogP contribution is 2.49. The monoisotopic (exact) mass is 667 g/mol. The van der Waals surface area contributed by atoms with Crippen LogP contribution in [0.25, 0.3) is 0 Å². The van der Waals surface area contributed by atoms with Crippen LogP contribution in [0.1, 0.15) is 47.8 Å². The molecule has 228 valence electrons. The highest BCUT2D eigenvalue weighted by Gasteiger charge is 2.56. The fourth-order valence-corrected chi connectivity index (χ4v) is 7.02. The number of halogens is 3. The second-order valence-electron chi connectivity index (χ2n) is 10.1. The molecule has 0 aliphatic carbocycles. The maximum atomic E-state index is 13.9. The quantitative estimate of drug-likeness (QED) is 0.130. The number of nitrogens with one attached hydrogen (secondary N) is 2. The van der Waals surface area contributed by atoms with Crippen molar-refractivity contribution >= 4 is 64.5 Å². The zero-order valence-corrected chi connectivity index (χ0v) is 26.7. The number of hydrogen-bond acceptors (Lipinski definition) is 11. The number of thioether (sulfide) groups is 1. The molecule has 1 aliphatic heterocycles. The van der Waals surface area contributed by atoms with E-state index >= 15 is 0 Å². The highest BCUT2D eigenvalue weighted by molar-refractivity contribution is 8.13. The van der Waals surface area contributed by atoms with Crippen LogP contribution in [0, 0.1) is 11.2 Å². The Hall–Kier alpha value is -0.870. The molecule has 1 fully saturated rings. The van der Waals surface area contributed by atoms with Crippen LogP contribution in [0.5, 0.6) is 0 Å². The number of esters is 1. The number of H-pyrrole nitrogens is 1. The molecular weight excluding hydrogens is 635 g/mol. The number of aliphatic hydroxyl groups excluding tert-OH is 1. The maximum Gasteiger partial charge on any atom is 0.330 e. The topological polar surface area (TPSA) is 158 Å². The molecule has 18 heteroatoms. The van der Waals surface area contributed by atoms with E-state index in [0.29, 0.717) is 10.8 Å². The first-order chi connectivity index (χ1) is 18.3. The fourth-order valence-electron chi connectivity index (χ4n) is 3.16. The van der Waals surface area contributed by atoms with Crippen LogP contribution >= 0.6 is 41.6 Å². The lowest BCUT2D eigenvalue weighted by atomic mass is 10.00. The van der Waals surface area contributed by atoms with Crippen LogP contribution in [0.4, 0.5) is 4.39 Å². The van der Waals surface area contributed by atoms with Gasteiger partial charge in [-0.1, -0.05) is 55.7 Å². The number of carbonyl (C=O) groups excluding carboxylic acids is 2. The Balaban J connectivity index is 2.19. The van der Waals surface area contributed by atoms with Crippen LogP contribution in [0.2, 0.25) is 0 Å². The normalized spacial score (nSPS) is 23.1. The lowest BCUT2D eigenvalue weighted by molar-refractivity contribution is -0.149. The first kappa shape index (κ1) is 35.3. The number of hydrogen-bond donors (Lipinski definition) is 3. The minimum absolute atomic E-state index is 0.0274. The maximum absolute atomic E-state index is 13.9. The molecule has 1 saturated heterocycles. The zero-order valence-electron chi connectivity index (χ0n) is 22.6. The molecule has 0 radical (unpaired) electrons. The molecule has 0 aromatic carbocycles. The molecular formula is C22H33Cl2FN3O9PS2. The smallest absolute Gasteiger partial charge is 0.330 e. The van der Waals surface area contributed by atoms with E-state index in [4.69, 9.17) is 53.5 Å². The second-order valence-corrected chi connectivity index (χ2v) is 15.9. The first-order valence-corrected chi connectivity index (χ1v) is 16.4. The van der Waals surface area contributed by atoms with E-state index in [2.05, 4.69) is 5.09 Å². The number of nitrogens with zero attached hydrogens (tertiary/aromatic N) is 1. The van der Waals surface area contributed by atoms with E-state index in [1.807, 2.05) is 0 Å². The van der Waals surface area contributed by atoms with Crippen molar-refractivity contribution in [2.45, 2.75) is 76.5 Å². The van der Waals surface area contributed by atoms with Gasteiger partial charge in [0.25, 0.3) is 12.2 Å². The molecule has 0 amide bonds. The summed E-state index contributed by atoms with van der Waals surface area (Å²) in [6, 6.07) is -0.956. The molecule has 5 atom stereocenters. The molecule has 1 aliphatic rings. The van der Waals surface area contributed by atoms with Gasteiger partial charge < -0.3 is 23.6 Å². The summed E-state index contributed by atoms with van der Waals surface area (Å²) in [6.07, 6.45) is -4.44. The third kappa shape index (κ3) is 9.32. The molecule has 40 heavy (non-hydrogen) atoms. The van der Waals surface area contributed by atoms with Gasteiger partial charge in [-0.25, -0.2) is 9.88 Å². The summed E-state index contributed by atoms with van der Waals surface area (Å²) < 4.78 is 34.7. The second kappa shape index (κ2) is 14.1. The highest BCUT2D eigenvalue weighted by atomic mass is 35.5. The van der Waals surface area contributed by atoms with Crippen molar-refractivity contribution in [3.8, 4) is 0 Å². The van der Waals surface area contributed by atoms with E-state index in [-0.39, 0.29) is 17.5 Å².